The van der Waals surface area contributed by atoms with Gasteiger partial charge in [-0.05, 0) is 36.0 Å². The number of piperidine rings is 1. The van der Waals surface area contributed by atoms with Gasteiger partial charge in [-0.2, -0.15) is 0 Å². The van der Waals surface area contributed by atoms with Crippen LogP contribution in [-0.4, -0.2) is 42.0 Å². The summed E-state index contributed by atoms with van der Waals surface area (Å²) in [5.41, 5.74) is 7.32. The molecule has 0 aliphatic carbocycles. The van der Waals surface area contributed by atoms with Crippen LogP contribution in [0.4, 0.5) is 11.6 Å². The molecule has 1 aliphatic heterocycles. The van der Waals surface area contributed by atoms with Crippen LogP contribution in [0.25, 0.3) is 0 Å². The van der Waals surface area contributed by atoms with E-state index in [2.05, 4.69) is 42.5 Å². The number of aromatic nitrogens is 1. The number of likely N-dealkylation sites (tertiary alicyclic amines) is 1. The molecule has 0 atom stereocenters. The molecule has 6 heteroatoms. The summed E-state index contributed by atoms with van der Waals surface area (Å²) in [5, 5.41) is 6.91. The van der Waals surface area contributed by atoms with Gasteiger partial charge in [-0.1, -0.05) is 20.8 Å². The van der Waals surface area contributed by atoms with Crippen LogP contribution in [0.1, 0.15) is 39.2 Å². The fourth-order valence-corrected chi connectivity index (χ4v) is 2.73. The molecule has 1 aromatic rings. The minimum atomic E-state index is 0.256. The second-order valence-electron chi connectivity index (χ2n) is 7.51. The van der Waals surface area contributed by atoms with E-state index < -0.39 is 0 Å². The highest BCUT2D eigenvalue weighted by atomic mass is 16.1. The molecule has 4 N–H and O–H groups in total. The number of nitrogens with one attached hydrogen (secondary N) is 2. The van der Waals surface area contributed by atoms with E-state index in [-0.39, 0.29) is 5.41 Å². The number of hydrogen-bond donors (Lipinski definition) is 3. The van der Waals surface area contributed by atoms with E-state index in [0.717, 1.165) is 56.8 Å². The van der Waals surface area contributed by atoms with Gasteiger partial charge in [0.15, 0.2) is 0 Å². The zero-order valence-corrected chi connectivity index (χ0v) is 14.4. The summed E-state index contributed by atoms with van der Waals surface area (Å²) in [6.45, 7) is 9.94. The summed E-state index contributed by atoms with van der Waals surface area (Å²) in [6, 6.07) is 4.31. The maximum absolute atomic E-state index is 10.8. The van der Waals surface area contributed by atoms with E-state index in [1.54, 1.807) is 0 Å². The average Bonchev–Trinajstić information content (AvgIpc) is 2.46. The maximum atomic E-state index is 10.8. The van der Waals surface area contributed by atoms with Crippen LogP contribution in [0.3, 0.4) is 0 Å². The summed E-state index contributed by atoms with van der Waals surface area (Å²) in [4.78, 5) is 16.9. The molecule has 0 aromatic carbocycles. The number of carbonyl (C=O) groups excluding carboxylic acids is 1. The lowest BCUT2D eigenvalue weighted by Crippen LogP contribution is -2.38. The Labute approximate surface area is 138 Å². The summed E-state index contributed by atoms with van der Waals surface area (Å²) >= 11 is 0. The number of anilines is 2. The Kier molecular flexibility index (Phi) is 5.82. The van der Waals surface area contributed by atoms with E-state index in [1.807, 2.05) is 11.0 Å². The molecule has 128 valence electrons. The predicted molar refractivity (Wildman–Crippen MR) is 94.1 cm³/mol. The molecule has 0 bridgehead atoms. The second kappa shape index (κ2) is 7.64. The molecule has 0 unspecified atom stereocenters. The zero-order chi connectivity index (χ0) is 16.9. The van der Waals surface area contributed by atoms with Gasteiger partial charge in [0.05, 0.1) is 0 Å². The molecule has 2 rings (SSSR count). The fourth-order valence-electron chi connectivity index (χ4n) is 2.73. The zero-order valence-electron chi connectivity index (χ0n) is 14.4. The number of pyridine rings is 1. The predicted octanol–water partition coefficient (Wildman–Crippen LogP) is 1.83. The number of rotatable bonds is 6. The van der Waals surface area contributed by atoms with Crippen molar-refractivity contribution >= 4 is 18.0 Å². The van der Waals surface area contributed by atoms with Crippen LogP contribution >= 0.6 is 0 Å². The van der Waals surface area contributed by atoms with Crippen molar-refractivity contribution in [3.8, 4) is 0 Å². The summed E-state index contributed by atoms with van der Waals surface area (Å²) in [7, 11) is 0. The summed E-state index contributed by atoms with van der Waals surface area (Å²) < 4.78 is 0. The number of hydrogen-bond acceptors (Lipinski definition) is 5. The van der Waals surface area contributed by atoms with Gasteiger partial charge in [0.25, 0.3) is 0 Å². The van der Waals surface area contributed by atoms with E-state index in [4.69, 9.17) is 5.73 Å². The Balaban J connectivity index is 1.91. The second-order valence-corrected chi connectivity index (χ2v) is 7.51. The van der Waals surface area contributed by atoms with Crippen molar-refractivity contribution in [2.24, 2.45) is 5.41 Å². The van der Waals surface area contributed by atoms with Crippen molar-refractivity contribution < 1.29 is 4.79 Å². The summed E-state index contributed by atoms with van der Waals surface area (Å²) in [6.07, 6.45) is 2.80. The minimum Gasteiger partial charge on any atom is -0.384 e. The molecule has 0 radical (unpaired) electrons. The molecule has 1 aliphatic rings. The monoisotopic (exact) mass is 319 g/mol. The summed E-state index contributed by atoms with van der Waals surface area (Å²) in [5.74, 6) is 1.36. The first-order chi connectivity index (χ1) is 10.9. The third-order valence-corrected chi connectivity index (χ3v) is 3.92. The normalized spacial score (nSPS) is 16.4. The van der Waals surface area contributed by atoms with Crippen LogP contribution in [0.2, 0.25) is 0 Å². The quantitative estimate of drug-likeness (QED) is 0.697. The topological polar surface area (TPSA) is 83.3 Å². The van der Waals surface area contributed by atoms with Crippen LogP contribution in [0.5, 0.6) is 0 Å². The van der Waals surface area contributed by atoms with Crippen molar-refractivity contribution in [2.75, 3.05) is 30.7 Å². The molecule has 23 heavy (non-hydrogen) atoms. The van der Waals surface area contributed by atoms with Crippen molar-refractivity contribution in [3.63, 3.8) is 0 Å². The van der Waals surface area contributed by atoms with Gasteiger partial charge in [0.2, 0.25) is 6.41 Å². The Morgan fingerprint density at radius 1 is 1.35 bits per heavy atom. The van der Waals surface area contributed by atoms with Crippen LogP contribution < -0.4 is 16.4 Å². The van der Waals surface area contributed by atoms with Gasteiger partial charge in [-0.25, -0.2) is 4.98 Å². The highest BCUT2D eigenvalue weighted by molar-refractivity contribution is 5.48. The Morgan fingerprint density at radius 2 is 2.04 bits per heavy atom. The van der Waals surface area contributed by atoms with Gasteiger partial charge in [0.1, 0.15) is 11.6 Å². The standard InChI is InChI=1S/C17H29N5O/c1-17(2,3)11-19-10-13-8-15(18)21-16(9-13)20-14-4-6-22(12-23)7-5-14/h8-9,12,14,19H,4-7,10-11H2,1-3H3,(H3,18,20,21). The average molecular weight is 319 g/mol. The van der Waals surface area contributed by atoms with E-state index in [9.17, 15) is 4.79 Å². The maximum Gasteiger partial charge on any atom is 0.209 e. The van der Waals surface area contributed by atoms with Crippen LogP contribution in [-0.2, 0) is 11.3 Å². The van der Waals surface area contributed by atoms with E-state index in [1.165, 1.54) is 0 Å². The fraction of sp³-hybridized carbons (Fsp3) is 0.647. The Hall–Kier alpha value is -1.82. The number of nitrogens with two attached hydrogens (primary N) is 1. The first kappa shape index (κ1) is 17.5. The molecular formula is C17H29N5O. The first-order valence-electron chi connectivity index (χ1n) is 8.29. The molecule has 1 fully saturated rings. The van der Waals surface area contributed by atoms with Crippen molar-refractivity contribution in [3.05, 3.63) is 17.7 Å². The molecule has 1 saturated heterocycles. The Bertz CT molecular complexity index is 518. The van der Waals surface area contributed by atoms with Crippen molar-refractivity contribution in [2.45, 2.75) is 46.2 Å². The van der Waals surface area contributed by atoms with Gasteiger partial charge >= 0.3 is 0 Å². The Morgan fingerprint density at radius 3 is 2.65 bits per heavy atom. The third-order valence-electron chi connectivity index (χ3n) is 3.92. The number of nitrogens with zero attached hydrogens (tertiary/aromatic N) is 2. The largest absolute Gasteiger partial charge is 0.384 e. The molecule has 0 spiro atoms. The molecular weight excluding hydrogens is 290 g/mol. The lowest BCUT2D eigenvalue weighted by molar-refractivity contribution is -0.118. The smallest absolute Gasteiger partial charge is 0.209 e. The van der Waals surface area contributed by atoms with E-state index in [0.29, 0.717) is 11.9 Å². The third kappa shape index (κ3) is 6.06. The highest BCUT2D eigenvalue weighted by Gasteiger charge is 2.18. The molecule has 6 nitrogen and oxygen atoms in total. The highest BCUT2D eigenvalue weighted by Crippen LogP contribution is 2.18. The lowest BCUT2D eigenvalue weighted by atomic mass is 9.97. The van der Waals surface area contributed by atoms with Gasteiger partial charge < -0.3 is 21.3 Å². The number of carbonyl (C=O) groups is 1. The number of amides is 1. The van der Waals surface area contributed by atoms with Gasteiger partial charge in [-0.3, -0.25) is 4.79 Å². The molecule has 2 heterocycles. The molecule has 1 aromatic heterocycles. The lowest BCUT2D eigenvalue weighted by Gasteiger charge is -2.30. The first-order valence-corrected chi connectivity index (χ1v) is 8.29. The van der Waals surface area contributed by atoms with Crippen LogP contribution in [0, 0.1) is 5.41 Å². The van der Waals surface area contributed by atoms with Crippen LogP contribution in [0.15, 0.2) is 12.1 Å². The van der Waals surface area contributed by atoms with Crippen molar-refractivity contribution in [1.29, 1.82) is 0 Å². The SMILES string of the molecule is CC(C)(C)CNCc1cc(N)nc(NC2CCN(C=O)CC2)c1. The van der Waals surface area contributed by atoms with E-state index >= 15 is 0 Å². The van der Waals surface area contributed by atoms with Gasteiger partial charge in [0, 0.05) is 32.2 Å². The number of nitrogen functional groups attached to an aromatic ring is 1. The molecule has 1 amide bonds. The van der Waals surface area contributed by atoms with Gasteiger partial charge in [-0.15, -0.1) is 0 Å². The van der Waals surface area contributed by atoms with Crippen molar-refractivity contribution in [1.82, 2.24) is 15.2 Å². The molecule has 0 saturated carbocycles. The minimum absolute atomic E-state index is 0.256.